The Morgan fingerprint density at radius 3 is 3.08 bits per heavy atom. The first-order chi connectivity index (χ1) is 5.86. The Balaban J connectivity index is 2.74. The van der Waals surface area contributed by atoms with E-state index in [1.54, 1.807) is 18.2 Å². The van der Waals surface area contributed by atoms with Crippen LogP contribution in [-0.4, -0.2) is 11.4 Å². The summed E-state index contributed by atoms with van der Waals surface area (Å²) in [6.07, 6.45) is 1.53. The van der Waals surface area contributed by atoms with Crippen LogP contribution in [0.25, 0.3) is 0 Å². The van der Waals surface area contributed by atoms with Crippen molar-refractivity contribution in [3.05, 3.63) is 29.6 Å². The third-order valence-electron chi connectivity index (χ3n) is 1.26. The molecule has 0 bridgehead atoms. The fourth-order valence-corrected chi connectivity index (χ4v) is 0.767. The van der Waals surface area contributed by atoms with Crippen LogP contribution in [0, 0.1) is 11.3 Å². The highest BCUT2D eigenvalue weighted by atomic mass is 16.1. The molecular weight excluding hydrogens is 154 g/mol. The van der Waals surface area contributed by atoms with E-state index < -0.39 is 0 Å². The minimum absolute atomic E-state index is 0.305. The van der Waals surface area contributed by atoms with Gasteiger partial charge in [0, 0.05) is 0 Å². The molecule has 0 saturated carbocycles. The molecule has 0 aromatic carbocycles. The Bertz CT molecular complexity index is 316. The zero-order chi connectivity index (χ0) is 8.81. The van der Waals surface area contributed by atoms with Crippen molar-refractivity contribution in [3.63, 3.8) is 0 Å². The maximum Gasteiger partial charge on any atom is 0.309 e. The summed E-state index contributed by atoms with van der Waals surface area (Å²) in [6.45, 7) is 0.305. The highest BCUT2D eigenvalue weighted by molar-refractivity contribution is 5.47. The molecule has 59 valence electrons. The van der Waals surface area contributed by atoms with Gasteiger partial charge < -0.3 is 5.32 Å². The average Bonchev–Trinajstić information content (AvgIpc) is 2.15. The lowest BCUT2D eigenvalue weighted by atomic mass is 10.3. The maximum absolute atomic E-state index is 9.80. The summed E-state index contributed by atoms with van der Waals surface area (Å²) in [5.74, 6) is 0. The monoisotopic (exact) mass is 160 g/mol. The molecule has 0 atom stereocenters. The van der Waals surface area contributed by atoms with Crippen LogP contribution in [0.15, 0.2) is 18.2 Å². The van der Waals surface area contributed by atoms with Crippen molar-refractivity contribution in [1.82, 2.24) is 10.3 Å². The molecule has 1 radical (unpaired) electrons. The van der Waals surface area contributed by atoms with Gasteiger partial charge in [0.05, 0.1) is 12.2 Å². The summed E-state index contributed by atoms with van der Waals surface area (Å²) in [5, 5.41) is 10.8. The molecule has 1 heterocycles. The first kappa shape index (κ1) is 8.21. The average molecular weight is 160 g/mol. The first-order valence-electron chi connectivity index (χ1n) is 3.33. The van der Waals surface area contributed by atoms with Crippen molar-refractivity contribution in [2.24, 2.45) is 0 Å². The van der Waals surface area contributed by atoms with Crippen LogP contribution in [0.5, 0.6) is 0 Å². The number of nitriles is 1. The van der Waals surface area contributed by atoms with E-state index >= 15 is 0 Å². The van der Waals surface area contributed by atoms with E-state index in [2.05, 4.69) is 10.3 Å². The van der Waals surface area contributed by atoms with Crippen LogP contribution < -0.4 is 5.32 Å². The standard InChI is InChI=1S/C8H6N3O/c9-4-7-2-1-3-8(11-7)5-10-6-12/h1-3H,5H2,(H,10,12). The molecule has 1 N–H and O–H groups in total. The second-order valence-corrected chi connectivity index (χ2v) is 2.08. The highest BCUT2D eigenvalue weighted by Gasteiger charge is 1.94. The van der Waals surface area contributed by atoms with E-state index in [1.807, 2.05) is 6.07 Å². The first-order valence-corrected chi connectivity index (χ1v) is 3.33. The van der Waals surface area contributed by atoms with Crippen LogP contribution in [0.2, 0.25) is 0 Å². The van der Waals surface area contributed by atoms with Gasteiger partial charge in [0.25, 0.3) is 0 Å². The van der Waals surface area contributed by atoms with Crippen molar-refractivity contribution in [3.8, 4) is 6.07 Å². The van der Waals surface area contributed by atoms with Crippen LogP contribution in [-0.2, 0) is 11.3 Å². The SMILES string of the molecule is N#Cc1cccc(CN[C]=O)n1. The highest BCUT2D eigenvalue weighted by Crippen LogP contribution is 1.96. The molecular formula is C8H6N3O. The van der Waals surface area contributed by atoms with Crippen LogP contribution in [0.1, 0.15) is 11.4 Å². The number of nitrogens with one attached hydrogen (secondary N) is 1. The number of pyridine rings is 1. The van der Waals surface area contributed by atoms with Gasteiger partial charge in [-0.3, -0.25) is 4.79 Å². The summed E-state index contributed by atoms with van der Waals surface area (Å²) >= 11 is 0. The van der Waals surface area contributed by atoms with Crippen LogP contribution in [0.3, 0.4) is 0 Å². The fourth-order valence-electron chi connectivity index (χ4n) is 0.767. The summed E-state index contributed by atoms with van der Waals surface area (Å²) < 4.78 is 0. The number of aromatic nitrogens is 1. The molecule has 0 aliphatic carbocycles. The zero-order valence-corrected chi connectivity index (χ0v) is 6.24. The number of nitrogens with zero attached hydrogens (tertiary/aromatic N) is 2. The number of amides is 1. The fraction of sp³-hybridized carbons (Fsp3) is 0.125. The predicted octanol–water partition coefficient (Wildman–Crippen LogP) is 0.110. The topological polar surface area (TPSA) is 65.8 Å². The molecule has 12 heavy (non-hydrogen) atoms. The Morgan fingerprint density at radius 1 is 1.58 bits per heavy atom. The minimum Gasteiger partial charge on any atom is -0.342 e. The summed E-state index contributed by atoms with van der Waals surface area (Å²) in [4.78, 5) is 13.7. The number of carbonyl (C=O) groups excluding carboxylic acids is 1. The predicted molar refractivity (Wildman–Crippen MR) is 41.5 cm³/mol. The quantitative estimate of drug-likeness (QED) is 0.638. The Morgan fingerprint density at radius 2 is 2.42 bits per heavy atom. The third kappa shape index (κ3) is 2.06. The number of hydrogen-bond donors (Lipinski definition) is 1. The molecule has 1 amide bonds. The Hall–Kier alpha value is -1.89. The lowest BCUT2D eigenvalue weighted by Crippen LogP contribution is -2.11. The lowest BCUT2D eigenvalue weighted by Gasteiger charge is -1.96. The number of rotatable bonds is 3. The molecule has 0 aliphatic heterocycles. The molecule has 0 fully saturated rings. The van der Waals surface area contributed by atoms with E-state index in [-0.39, 0.29) is 0 Å². The lowest BCUT2D eigenvalue weighted by molar-refractivity contribution is 0.541. The van der Waals surface area contributed by atoms with Crippen LogP contribution >= 0.6 is 0 Å². The Labute approximate surface area is 69.8 Å². The summed E-state index contributed by atoms with van der Waals surface area (Å²) in [5.41, 5.74) is 0.998. The van der Waals surface area contributed by atoms with E-state index in [0.29, 0.717) is 17.9 Å². The van der Waals surface area contributed by atoms with Crippen molar-refractivity contribution in [2.45, 2.75) is 6.54 Å². The van der Waals surface area contributed by atoms with Gasteiger partial charge in [0.2, 0.25) is 0 Å². The zero-order valence-electron chi connectivity index (χ0n) is 6.24. The molecule has 1 rings (SSSR count). The molecule has 4 nitrogen and oxygen atoms in total. The minimum atomic E-state index is 0.305. The molecule has 4 heteroatoms. The van der Waals surface area contributed by atoms with Crippen molar-refractivity contribution in [2.75, 3.05) is 0 Å². The molecule has 0 aliphatic rings. The van der Waals surface area contributed by atoms with E-state index in [1.165, 1.54) is 6.41 Å². The van der Waals surface area contributed by atoms with Gasteiger partial charge in [-0.2, -0.15) is 5.26 Å². The van der Waals surface area contributed by atoms with Gasteiger partial charge in [-0.05, 0) is 12.1 Å². The van der Waals surface area contributed by atoms with E-state index in [9.17, 15) is 4.79 Å². The normalized spacial score (nSPS) is 8.58. The van der Waals surface area contributed by atoms with Gasteiger partial charge >= 0.3 is 6.41 Å². The third-order valence-corrected chi connectivity index (χ3v) is 1.26. The van der Waals surface area contributed by atoms with E-state index in [0.717, 1.165) is 0 Å². The number of hydrogen-bond acceptors (Lipinski definition) is 3. The molecule has 1 aromatic rings. The summed E-state index contributed by atoms with van der Waals surface area (Å²) in [7, 11) is 0. The molecule has 0 unspecified atom stereocenters. The Kier molecular flexibility index (Phi) is 2.79. The van der Waals surface area contributed by atoms with Gasteiger partial charge in [-0.25, -0.2) is 4.98 Å². The van der Waals surface area contributed by atoms with Gasteiger partial charge in [0.1, 0.15) is 11.8 Å². The van der Waals surface area contributed by atoms with Crippen LogP contribution in [0.4, 0.5) is 0 Å². The second kappa shape index (κ2) is 4.09. The second-order valence-electron chi connectivity index (χ2n) is 2.08. The van der Waals surface area contributed by atoms with Gasteiger partial charge in [-0.1, -0.05) is 6.07 Å². The van der Waals surface area contributed by atoms with Crippen molar-refractivity contribution in [1.29, 1.82) is 5.26 Å². The molecule has 1 aromatic heterocycles. The van der Waals surface area contributed by atoms with Gasteiger partial charge in [-0.15, -0.1) is 0 Å². The largest absolute Gasteiger partial charge is 0.342 e. The smallest absolute Gasteiger partial charge is 0.309 e. The van der Waals surface area contributed by atoms with E-state index in [4.69, 9.17) is 5.26 Å². The maximum atomic E-state index is 9.80. The molecule has 0 spiro atoms. The summed E-state index contributed by atoms with van der Waals surface area (Å²) in [6, 6.07) is 6.95. The molecule has 0 saturated heterocycles. The van der Waals surface area contributed by atoms with Gasteiger partial charge in [0.15, 0.2) is 0 Å². The van der Waals surface area contributed by atoms with Crippen molar-refractivity contribution >= 4 is 6.41 Å². The van der Waals surface area contributed by atoms with Crippen molar-refractivity contribution < 1.29 is 4.79 Å².